The fraction of sp³-hybridized carbons (Fsp3) is 0.727. The lowest BCUT2D eigenvalue weighted by Crippen LogP contribution is -2.04. The maximum absolute atomic E-state index is 4.58. The van der Waals surface area contributed by atoms with E-state index in [0.29, 0.717) is 0 Å². The number of aliphatic imine (C=N–C) groups is 1. The second-order valence-electron chi connectivity index (χ2n) is 3.61. The van der Waals surface area contributed by atoms with E-state index in [1.54, 1.807) is 0 Å². The van der Waals surface area contributed by atoms with Gasteiger partial charge in [0.2, 0.25) is 0 Å². The number of hydrogen-bond acceptors (Lipinski definition) is 2. The molecule has 0 radical (unpaired) electrons. The van der Waals surface area contributed by atoms with Crippen LogP contribution >= 0.6 is 0 Å². The van der Waals surface area contributed by atoms with Crippen LogP contribution in [0.15, 0.2) is 17.3 Å². The zero-order chi connectivity index (χ0) is 9.52. The molecule has 74 valence electrons. The molecule has 0 spiro atoms. The van der Waals surface area contributed by atoms with E-state index >= 15 is 0 Å². The first-order valence-corrected chi connectivity index (χ1v) is 5.20. The van der Waals surface area contributed by atoms with Gasteiger partial charge in [0.1, 0.15) is 0 Å². The van der Waals surface area contributed by atoms with E-state index < -0.39 is 0 Å². The van der Waals surface area contributed by atoms with Crippen molar-refractivity contribution in [3.05, 3.63) is 12.3 Å². The molecule has 0 amide bonds. The second-order valence-corrected chi connectivity index (χ2v) is 3.61. The Hall–Kier alpha value is -0.790. The van der Waals surface area contributed by atoms with Gasteiger partial charge in [0.15, 0.2) is 0 Å². The van der Waals surface area contributed by atoms with E-state index in [0.717, 1.165) is 25.1 Å². The predicted molar refractivity (Wildman–Crippen MR) is 58.2 cm³/mol. The molecule has 0 aromatic heterocycles. The molecule has 0 unspecified atom stereocenters. The highest BCUT2D eigenvalue weighted by Gasteiger charge is 2.06. The van der Waals surface area contributed by atoms with Crippen LogP contribution in [0.1, 0.15) is 38.5 Å². The van der Waals surface area contributed by atoms with Gasteiger partial charge in [-0.25, -0.2) is 0 Å². The molecule has 2 nitrogen and oxygen atoms in total. The smallest absolute Gasteiger partial charge is 0.0392 e. The highest BCUT2D eigenvalue weighted by Crippen LogP contribution is 2.14. The van der Waals surface area contributed by atoms with Crippen LogP contribution in [0.5, 0.6) is 0 Å². The Bertz CT molecular complexity index is 186. The summed E-state index contributed by atoms with van der Waals surface area (Å²) in [5, 5.41) is 3.05. The van der Waals surface area contributed by atoms with E-state index in [1.165, 1.54) is 31.4 Å². The average Bonchev–Trinajstić information content (AvgIpc) is 2.64. The molecule has 2 heteroatoms. The van der Waals surface area contributed by atoms with Crippen molar-refractivity contribution >= 4 is 5.71 Å². The van der Waals surface area contributed by atoms with Gasteiger partial charge in [0, 0.05) is 25.0 Å². The van der Waals surface area contributed by atoms with Gasteiger partial charge in [-0.1, -0.05) is 6.58 Å². The van der Waals surface area contributed by atoms with Crippen molar-refractivity contribution in [2.45, 2.75) is 38.5 Å². The molecule has 1 rings (SSSR count). The predicted octanol–water partition coefficient (Wildman–Crippen LogP) is 2.51. The van der Waals surface area contributed by atoms with Gasteiger partial charge in [0.05, 0.1) is 0 Å². The van der Waals surface area contributed by atoms with Crippen LogP contribution in [0.25, 0.3) is 0 Å². The molecule has 13 heavy (non-hydrogen) atoms. The Kier molecular flexibility index (Phi) is 4.58. The van der Waals surface area contributed by atoms with Gasteiger partial charge >= 0.3 is 0 Å². The first-order chi connectivity index (χ1) is 6.33. The normalized spacial score (nSPS) is 15.9. The third kappa shape index (κ3) is 4.11. The SMILES string of the molecule is C=C(CCCN=C1CCCC1)NC. The van der Waals surface area contributed by atoms with Crippen molar-refractivity contribution < 1.29 is 0 Å². The summed E-state index contributed by atoms with van der Waals surface area (Å²) < 4.78 is 0. The third-order valence-electron chi connectivity index (χ3n) is 2.51. The number of nitrogens with one attached hydrogen (secondary N) is 1. The molecule has 0 atom stereocenters. The van der Waals surface area contributed by atoms with E-state index in [2.05, 4.69) is 16.9 Å². The third-order valence-corrected chi connectivity index (χ3v) is 2.51. The van der Waals surface area contributed by atoms with Crippen LogP contribution in [0, 0.1) is 0 Å². The van der Waals surface area contributed by atoms with Crippen LogP contribution in [-0.2, 0) is 0 Å². The van der Waals surface area contributed by atoms with Gasteiger partial charge in [-0.2, -0.15) is 0 Å². The van der Waals surface area contributed by atoms with Crippen molar-refractivity contribution in [2.24, 2.45) is 4.99 Å². The molecule has 0 aromatic carbocycles. The summed E-state index contributed by atoms with van der Waals surface area (Å²) >= 11 is 0. The first kappa shape index (κ1) is 10.3. The van der Waals surface area contributed by atoms with Crippen LogP contribution in [-0.4, -0.2) is 19.3 Å². The lowest BCUT2D eigenvalue weighted by Gasteiger charge is -2.02. The summed E-state index contributed by atoms with van der Waals surface area (Å²) in [6.07, 6.45) is 7.36. The van der Waals surface area contributed by atoms with E-state index in [-0.39, 0.29) is 0 Å². The minimum atomic E-state index is 0.982. The Morgan fingerprint density at radius 3 is 2.77 bits per heavy atom. The average molecular weight is 180 g/mol. The maximum atomic E-state index is 4.58. The van der Waals surface area contributed by atoms with Gasteiger partial charge in [-0.05, 0) is 38.5 Å². The molecule has 0 aliphatic heterocycles. The van der Waals surface area contributed by atoms with Crippen molar-refractivity contribution in [1.29, 1.82) is 0 Å². The summed E-state index contributed by atoms with van der Waals surface area (Å²) in [5.74, 6) is 0. The number of nitrogens with zero attached hydrogens (tertiary/aromatic N) is 1. The fourth-order valence-corrected chi connectivity index (χ4v) is 1.60. The molecule has 1 aliphatic carbocycles. The topological polar surface area (TPSA) is 24.4 Å². The monoisotopic (exact) mass is 180 g/mol. The lowest BCUT2D eigenvalue weighted by molar-refractivity contribution is 0.773. The Morgan fingerprint density at radius 2 is 2.15 bits per heavy atom. The van der Waals surface area contributed by atoms with E-state index in [1.807, 2.05) is 7.05 Å². The molecular formula is C11H20N2. The lowest BCUT2D eigenvalue weighted by atomic mass is 10.2. The number of allylic oxidation sites excluding steroid dienone is 1. The van der Waals surface area contributed by atoms with E-state index in [4.69, 9.17) is 0 Å². The Morgan fingerprint density at radius 1 is 1.46 bits per heavy atom. The Labute approximate surface area is 81.1 Å². The highest BCUT2D eigenvalue weighted by atomic mass is 14.8. The largest absolute Gasteiger partial charge is 0.392 e. The van der Waals surface area contributed by atoms with Crippen LogP contribution in [0.2, 0.25) is 0 Å². The molecular weight excluding hydrogens is 160 g/mol. The van der Waals surface area contributed by atoms with Gasteiger partial charge in [0.25, 0.3) is 0 Å². The molecule has 0 bridgehead atoms. The molecule has 1 aliphatic rings. The number of hydrogen-bond donors (Lipinski definition) is 1. The summed E-state index contributed by atoms with van der Waals surface area (Å²) in [6, 6.07) is 0. The minimum Gasteiger partial charge on any atom is -0.392 e. The molecule has 1 saturated carbocycles. The standard InChI is InChI=1S/C11H20N2/c1-10(12-2)6-5-9-13-11-7-3-4-8-11/h12H,1,3-9H2,2H3. The molecule has 0 aromatic rings. The highest BCUT2D eigenvalue weighted by molar-refractivity contribution is 5.86. The van der Waals surface area contributed by atoms with Crippen molar-refractivity contribution in [2.75, 3.05) is 13.6 Å². The zero-order valence-electron chi connectivity index (χ0n) is 8.60. The van der Waals surface area contributed by atoms with Crippen LogP contribution < -0.4 is 5.32 Å². The van der Waals surface area contributed by atoms with Crippen LogP contribution in [0.4, 0.5) is 0 Å². The van der Waals surface area contributed by atoms with Crippen molar-refractivity contribution in [3.63, 3.8) is 0 Å². The quantitative estimate of drug-likeness (QED) is 0.646. The Balaban J connectivity index is 2.06. The van der Waals surface area contributed by atoms with Crippen LogP contribution in [0.3, 0.4) is 0 Å². The maximum Gasteiger partial charge on any atom is 0.0392 e. The van der Waals surface area contributed by atoms with Crippen molar-refractivity contribution in [3.8, 4) is 0 Å². The summed E-state index contributed by atoms with van der Waals surface area (Å²) in [7, 11) is 1.92. The molecule has 1 fully saturated rings. The first-order valence-electron chi connectivity index (χ1n) is 5.20. The minimum absolute atomic E-state index is 0.982. The zero-order valence-corrected chi connectivity index (χ0v) is 8.60. The van der Waals surface area contributed by atoms with E-state index in [9.17, 15) is 0 Å². The van der Waals surface area contributed by atoms with Gasteiger partial charge in [-0.15, -0.1) is 0 Å². The van der Waals surface area contributed by atoms with Gasteiger partial charge in [-0.3, -0.25) is 4.99 Å². The molecule has 1 N–H and O–H groups in total. The van der Waals surface area contributed by atoms with Gasteiger partial charge < -0.3 is 5.32 Å². The molecule has 0 heterocycles. The second kappa shape index (κ2) is 5.79. The molecule has 0 saturated heterocycles. The summed E-state index contributed by atoms with van der Waals surface area (Å²) in [6.45, 7) is 4.87. The van der Waals surface area contributed by atoms with Crippen molar-refractivity contribution in [1.82, 2.24) is 5.32 Å². The summed E-state index contributed by atoms with van der Waals surface area (Å²) in [5.41, 5.74) is 2.56. The number of rotatable bonds is 5. The summed E-state index contributed by atoms with van der Waals surface area (Å²) in [4.78, 5) is 4.58. The fourth-order valence-electron chi connectivity index (χ4n) is 1.60.